The SMILES string of the molecule is Cc1cc(F)c(COc2nsc(NC(=O)NCC3CC(O)CN3C)c2C(N)=O)cc1F. The number of nitrogens with one attached hydrogen (secondary N) is 2. The monoisotopic (exact) mass is 455 g/mol. The molecule has 12 heteroatoms. The van der Waals surface area contributed by atoms with Crippen molar-refractivity contribution in [3.8, 4) is 5.88 Å². The third kappa shape index (κ3) is 5.46. The second-order valence-electron chi connectivity index (χ2n) is 7.36. The number of aryl methyl sites for hydroxylation is 1. The van der Waals surface area contributed by atoms with Gasteiger partial charge in [0.15, 0.2) is 0 Å². The maximum Gasteiger partial charge on any atom is 0.319 e. The van der Waals surface area contributed by atoms with Crippen molar-refractivity contribution in [3.05, 3.63) is 40.5 Å². The van der Waals surface area contributed by atoms with Crippen molar-refractivity contribution in [2.24, 2.45) is 5.73 Å². The van der Waals surface area contributed by atoms with Crippen LogP contribution in [-0.4, -0.2) is 58.6 Å². The number of aliphatic hydroxyl groups excluding tert-OH is 1. The molecule has 1 aliphatic rings. The highest BCUT2D eigenvalue weighted by Gasteiger charge is 2.28. The minimum Gasteiger partial charge on any atom is -0.471 e. The number of halogens is 2. The van der Waals surface area contributed by atoms with Crippen LogP contribution in [0.3, 0.4) is 0 Å². The summed E-state index contributed by atoms with van der Waals surface area (Å²) in [5.41, 5.74) is 5.33. The molecule has 0 saturated carbocycles. The number of nitrogens with two attached hydrogens (primary N) is 1. The van der Waals surface area contributed by atoms with Crippen LogP contribution < -0.4 is 21.1 Å². The van der Waals surface area contributed by atoms with E-state index in [1.165, 1.54) is 6.92 Å². The lowest BCUT2D eigenvalue weighted by atomic mass is 10.1. The Kier molecular flexibility index (Phi) is 7.03. The van der Waals surface area contributed by atoms with Crippen LogP contribution >= 0.6 is 11.5 Å². The Morgan fingerprint density at radius 1 is 1.39 bits per heavy atom. The maximum absolute atomic E-state index is 14.0. The minimum absolute atomic E-state index is 0.0125. The number of benzene rings is 1. The van der Waals surface area contributed by atoms with Crippen LogP contribution in [0.15, 0.2) is 12.1 Å². The van der Waals surface area contributed by atoms with E-state index in [1.54, 1.807) is 0 Å². The highest BCUT2D eigenvalue weighted by atomic mass is 32.1. The molecule has 3 amide bonds. The van der Waals surface area contributed by atoms with Gasteiger partial charge in [0.25, 0.3) is 5.91 Å². The van der Waals surface area contributed by atoms with Crippen molar-refractivity contribution in [1.29, 1.82) is 0 Å². The summed E-state index contributed by atoms with van der Waals surface area (Å²) in [6.07, 6.45) is 0.104. The number of urea groups is 1. The largest absolute Gasteiger partial charge is 0.471 e. The number of nitrogens with zero attached hydrogens (tertiary/aromatic N) is 2. The molecule has 31 heavy (non-hydrogen) atoms. The molecule has 0 radical (unpaired) electrons. The molecule has 1 fully saturated rings. The van der Waals surface area contributed by atoms with E-state index in [4.69, 9.17) is 10.5 Å². The zero-order valence-electron chi connectivity index (χ0n) is 16.9. The number of rotatable bonds is 7. The second kappa shape index (κ2) is 9.54. The average molecular weight is 455 g/mol. The summed E-state index contributed by atoms with van der Waals surface area (Å²) in [6.45, 7) is 1.88. The summed E-state index contributed by atoms with van der Waals surface area (Å²) >= 11 is 0.771. The number of carbonyl (C=O) groups is 2. The molecular formula is C19H23F2N5O4S. The maximum atomic E-state index is 14.0. The molecule has 0 bridgehead atoms. The topological polar surface area (TPSA) is 130 Å². The number of carbonyl (C=O) groups excluding carboxylic acids is 2. The Morgan fingerprint density at radius 3 is 2.77 bits per heavy atom. The zero-order valence-corrected chi connectivity index (χ0v) is 17.8. The quantitative estimate of drug-likeness (QED) is 0.502. The number of likely N-dealkylation sites (tertiary alicyclic amines) is 1. The number of ether oxygens (including phenoxy) is 1. The van der Waals surface area contributed by atoms with Crippen LogP contribution in [0.25, 0.3) is 0 Å². The molecule has 1 saturated heterocycles. The number of aromatic nitrogens is 1. The Morgan fingerprint density at radius 2 is 2.13 bits per heavy atom. The van der Waals surface area contributed by atoms with Crippen LogP contribution in [-0.2, 0) is 6.61 Å². The van der Waals surface area contributed by atoms with Crippen molar-refractivity contribution < 1.29 is 28.2 Å². The van der Waals surface area contributed by atoms with Gasteiger partial charge in [0.2, 0.25) is 5.88 Å². The fourth-order valence-electron chi connectivity index (χ4n) is 3.27. The van der Waals surface area contributed by atoms with Crippen LogP contribution in [0.2, 0.25) is 0 Å². The molecule has 5 N–H and O–H groups in total. The van der Waals surface area contributed by atoms with Crippen LogP contribution in [0, 0.1) is 18.6 Å². The molecule has 0 spiro atoms. The summed E-state index contributed by atoms with van der Waals surface area (Å²) in [5, 5.41) is 14.9. The third-order valence-corrected chi connectivity index (χ3v) is 5.74. The first-order chi connectivity index (χ1) is 14.7. The molecule has 2 aromatic rings. The summed E-state index contributed by atoms with van der Waals surface area (Å²) < 4.78 is 37.0. The van der Waals surface area contributed by atoms with Gasteiger partial charge in [-0.3, -0.25) is 15.0 Å². The fourth-order valence-corrected chi connectivity index (χ4v) is 4.00. The van der Waals surface area contributed by atoms with E-state index in [-0.39, 0.29) is 40.2 Å². The van der Waals surface area contributed by atoms with Crippen LogP contribution in [0.1, 0.15) is 27.9 Å². The van der Waals surface area contributed by atoms with Crippen molar-refractivity contribution in [2.45, 2.75) is 32.1 Å². The first-order valence-electron chi connectivity index (χ1n) is 9.45. The molecule has 168 valence electrons. The van der Waals surface area contributed by atoms with E-state index in [2.05, 4.69) is 15.0 Å². The number of anilines is 1. The number of primary amides is 1. The third-order valence-electron chi connectivity index (χ3n) is 4.99. The number of likely N-dealkylation sites (N-methyl/N-ethyl adjacent to an activating group) is 1. The summed E-state index contributed by atoms with van der Waals surface area (Å²) in [6, 6.07) is 1.45. The Bertz CT molecular complexity index is 986. The lowest BCUT2D eigenvalue weighted by Gasteiger charge is -2.19. The van der Waals surface area contributed by atoms with E-state index in [1.807, 2.05) is 11.9 Å². The van der Waals surface area contributed by atoms with E-state index in [0.717, 1.165) is 23.7 Å². The molecule has 1 aromatic carbocycles. The highest BCUT2D eigenvalue weighted by molar-refractivity contribution is 7.11. The zero-order chi connectivity index (χ0) is 22.7. The molecule has 2 heterocycles. The van der Waals surface area contributed by atoms with Gasteiger partial charge in [-0.05, 0) is 49.6 Å². The van der Waals surface area contributed by atoms with Crippen LogP contribution in [0.5, 0.6) is 5.88 Å². The fraction of sp³-hybridized carbons (Fsp3) is 0.421. The van der Waals surface area contributed by atoms with Crippen LogP contribution in [0.4, 0.5) is 18.6 Å². The van der Waals surface area contributed by atoms with Gasteiger partial charge in [-0.2, -0.15) is 4.37 Å². The summed E-state index contributed by atoms with van der Waals surface area (Å²) in [5.74, 6) is -2.33. The molecule has 1 aromatic heterocycles. The predicted molar refractivity (Wildman–Crippen MR) is 110 cm³/mol. The second-order valence-corrected chi connectivity index (χ2v) is 8.13. The standard InChI is InChI=1S/C19H23F2N5O4S/c1-9-3-14(21)10(4-13(9)20)8-30-17-15(16(22)28)18(31-25-17)24-19(29)23-6-11-5-12(27)7-26(11)2/h3-4,11-12,27H,5-8H2,1-2H3,(H2,22,28)(H2,23,24,29). The van der Waals surface area contributed by atoms with Gasteiger partial charge in [0.05, 0.1) is 6.10 Å². The lowest BCUT2D eigenvalue weighted by Crippen LogP contribution is -2.40. The molecule has 9 nitrogen and oxygen atoms in total. The van der Waals surface area contributed by atoms with E-state index >= 15 is 0 Å². The van der Waals surface area contributed by atoms with Gasteiger partial charge in [-0.15, -0.1) is 0 Å². The number of hydrogen-bond donors (Lipinski definition) is 4. The van der Waals surface area contributed by atoms with Gasteiger partial charge < -0.3 is 20.9 Å². The molecule has 0 aliphatic carbocycles. The molecule has 2 atom stereocenters. The smallest absolute Gasteiger partial charge is 0.319 e. The molecule has 2 unspecified atom stereocenters. The number of amides is 3. The Labute approximate surface area is 181 Å². The van der Waals surface area contributed by atoms with E-state index in [0.29, 0.717) is 19.5 Å². The number of hydrogen-bond acceptors (Lipinski definition) is 7. The number of β-amino-alcohol motifs (C(OH)–C–C–N with tert-alkyl or cyclic N) is 1. The van der Waals surface area contributed by atoms with Crippen molar-refractivity contribution in [2.75, 3.05) is 25.5 Å². The summed E-state index contributed by atoms with van der Waals surface area (Å²) in [4.78, 5) is 26.0. The predicted octanol–water partition coefficient (Wildman–Crippen LogP) is 1.59. The summed E-state index contributed by atoms with van der Waals surface area (Å²) in [7, 11) is 1.85. The normalized spacial score (nSPS) is 18.7. The van der Waals surface area contributed by atoms with Gasteiger partial charge >= 0.3 is 6.03 Å². The molecule has 1 aliphatic heterocycles. The van der Waals surface area contributed by atoms with E-state index < -0.39 is 29.7 Å². The minimum atomic E-state index is -0.895. The Balaban J connectivity index is 1.64. The Hall–Kier alpha value is -2.83. The van der Waals surface area contributed by atoms with Gasteiger partial charge in [-0.1, -0.05) is 0 Å². The molecular weight excluding hydrogens is 432 g/mol. The first kappa shape index (κ1) is 22.8. The molecule has 3 rings (SSSR count). The lowest BCUT2D eigenvalue weighted by molar-refractivity contribution is 0.0996. The first-order valence-corrected chi connectivity index (χ1v) is 10.2. The van der Waals surface area contributed by atoms with Crippen molar-refractivity contribution in [3.63, 3.8) is 0 Å². The van der Waals surface area contributed by atoms with Gasteiger partial charge in [0.1, 0.15) is 28.8 Å². The van der Waals surface area contributed by atoms with Crippen molar-refractivity contribution in [1.82, 2.24) is 14.6 Å². The highest BCUT2D eigenvalue weighted by Crippen LogP contribution is 2.31. The van der Waals surface area contributed by atoms with E-state index in [9.17, 15) is 23.5 Å². The van der Waals surface area contributed by atoms with Gasteiger partial charge in [-0.25, -0.2) is 13.6 Å². The average Bonchev–Trinajstić information content (AvgIpc) is 3.23. The van der Waals surface area contributed by atoms with Gasteiger partial charge in [0, 0.05) is 24.7 Å². The van der Waals surface area contributed by atoms with Crippen molar-refractivity contribution >= 4 is 28.5 Å². The number of aliphatic hydroxyl groups is 1.